The Bertz CT molecular complexity index is 273. The number of carbonyl (C=O) groups excluding carboxylic acids is 2. The lowest BCUT2D eigenvalue weighted by atomic mass is 10.0. The fraction of sp³-hybridized carbons (Fsp3) is 0.833. The van der Waals surface area contributed by atoms with Gasteiger partial charge >= 0.3 is 6.03 Å². The Hall–Kier alpha value is -1.26. The van der Waals surface area contributed by atoms with Gasteiger partial charge in [-0.25, -0.2) is 4.79 Å². The topological polar surface area (TPSA) is 72.5 Å². The monoisotopic (exact) mass is 241 g/mol. The maximum Gasteiger partial charge on any atom is 0.317 e. The number of amides is 2. The first-order valence-electron chi connectivity index (χ1n) is 6.27. The first-order valence-corrected chi connectivity index (χ1v) is 6.27. The molecule has 0 radical (unpaired) electrons. The molecule has 1 aliphatic heterocycles. The number of nitrogens with one attached hydrogen (secondary N) is 1. The van der Waals surface area contributed by atoms with Crippen LogP contribution >= 0.6 is 0 Å². The fourth-order valence-corrected chi connectivity index (χ4v) is 2.02. The Labute approximate surface area is 102 Å². The number of rotatable bonds is 4. The number of hydrogen-bond donors (Lipinski definition) is 1. The smallest absolute Gasteiger partial charge is 0.317 e. The Morgan fingerprint density at radius 3 is 2.29 bits per heavy atom. The van der Waals surface area contributed by atoms with Gasteiger partial charge in [0.2, 0.25) is 0 Å². The summed E-state index contributed by atoms with van der Waals surface area (Å²) in [5.41, 5.74) is 0. The van der Waals surface area contributed by atoms with Crippen LogP contribution in [0.25, 0.3) is 0 Å². The van der Waals surface area contributed by atoms with Crippen molar-refractivity contribution in [3.8, 4) is 0 Å². The number of nitrogens with zero attached hydrogens (tertiary/aromatic N) is 1. The molecule has 1 saturated heterocycles. The van der Waals surface area contributed by atoms with E-state index in [-0.39, 0.29) is 11.9 Å². The van der Waals surface area contributed by atoms with E-state index in [1.807, 2.05) is 13.8 Å². The molecule has 0 aromatic heterocycles. The summed E-state index contributed by atoms with van der Waals surface area (Å²) in [4.78, 5) is 24.4. The molecule has 0 saturated carbocycles. The van der Waals surface area contributed by atoms with Gasteiger partial charge in [0.15, 0.2) is 0 Å². The Morgan fingerprint density at radius 1 is 1.24 bits per heavy atom. The number of hydrogen-bond acceptors (Lipinski definition) is 3. The third kappa shape index (κ3) is 4.63. The molecule has 0 aromatic carbocycles. The van der Waals surface area contributed by atoms with Crippen LogP contribution in [-0.4, -0.2) is 36.0 Å². The molecular weight excluding hydrogens is 220 g/mol. The Kier molecular flexibility index (Phi) is 5.25. The van der Waals surface area contributed by atoms with Crippen LogP contribution in [0.4, 0.5) is 4.79 Å². The number of carboxylic acids is 1. The third-order valence-electron chi connectivity index (χ3n) is 2.93. The largest absolute Gasteiger partial charge is 0.548 e. The summed E-state index contributed by atoms with van der Waals surface area (Å²) in [6.45, 7) is 5.27. The molecule has 1 aliphatic rings. The number of likely N-dealkylation sites (tertiary alicyclic amines) is 1. The van der Waals surface area contributed by atoms with E-state index in [1.54, 1.807) is 4.90 Å². The van der Waals surface area contributed by atoms with Gasteiger partial charge in [-0.15, -0.1) is 0 Å². The summed E-state index contributed by atoms with van der Waals surface area (Å²) >= 11 is 0. The van der Waals surface area contributed by atoms with Crippen molar-refractivity contribution in [2.45, 2.75) is 45.6 Å². The van der Waals surface area contributed by atoms with Crippen molar-refractivity contribution in [3.05, 3.63) is 0 Å². The highest BCUT2D eigenvalue weighted by Gasteiger charge is 2.20. The van der Waals surface area contributed by atoms with E-state index in [0.717, 1.165) is 19.3 Å². The second-order valence-corrected chi connectivity index (χ2v) is 5.00. The molecular formula is C12H21N2O3-. The lowest BCUT2D eigenvalue weighted by Gasteiger charge is -2.30. The minimum absolute atomic E-state index is 0.208. The van der Waals surface area contributed by atoms with Crippen molar-refractivity contribution >= 4 is 12.0 Å². The van der Waals surface area contributed by atoms with Crippen molar-refractivity contribution in [1.82, 2.24) is 10.2 Å². The Morgan fingerprint density at radius 2 is 1.82 bits per heavy atom. The van der Waals surface area contributed by atoms with Crippen LogP contribution in [0, 0.1) is 5.92 Å². The first-order chi connectivity index (χ1) is 8.00. The molecule has 0 aliphatic carbocycles. The molecule has 17 heavy (non-hydrogen) atoms. The molecule has 0 spiro atoms. The lowest BCUT2D eigenvalue weighted by Crippen LogP contribution is -2.53. The molecule has 0 bridgehead atoms. The molecule has 2 amide bonds. The normalized spacial score (nSPS) is 17.9. The van der Waals surface area contributed by atoms with Gasteiger partial charge in [0.1, 0.15) is 0 Å². The van der Waals surface area contributed by atoms with Crippen LogP contribution in [-0.2, 0) is 4.79 Å². The second kappa shape index (κ2) is 6.47. The number of aliphatic carboxylic acids is 1. The van der Waals surface area contributed by atoms with Gasteiger partial charge in [-0.2, -0.15) is 0 Å². The highest BCUT2D eigenvalue weighted by molar-refractivity contribution is 5.81. The summed E-state index contributed by atoms with van der Waals surface area (Å²) in [6.07, 6.45) is 3.53. The molecule has 1 N–H and O–H groups in total. The van der Waals surface area contributed by atoms with Crippen LogP contribution in [0.1, 0.15) is 39.5 Å². The standard InChI is InChI=1S/C12H22N2O3/c1-9(2)8-10(11(15)16)13-12(17)14-6-4-3-5-7-14/h9-10H,3-8H2,1-2H3,(H,13,17)(H,15,16)/p-1/t10-/m0/s1. The van der Waals surface area contributed by atoms with Gasteiger partial charge in [-0.1, -0.05) is 13.8 Å². The van der Waals surface area contributed by atoms with E-state index in [1.165, 1.54) is 0 Å². The zero-order valence-electron chi connectivity index (χ0n) is 10.6. The first kappa shape index (κ1) is 13.8. The van der Waals surface area contributed by atoms with Crippen LogP contribution in [0.15, 0.2) is 0 Å². The molecule has 0 unspecified atom stereocenters. The molecule has 98 valence electrons. The van der Waals surface area contributed by atoms with E-state index in [0.29, 0.717) is 19.5 Å². The van der Waals surface area contributed by atoms with E-state index in [4.69, 9.17) is 0 Å². The number of urea groups is 1. The van der Waals surface area contributed by atoms with Gasteiger partial charge in [-0.3, -0.25) is 0 Å². The summed E-state index contributed by atoms with van der Waals surface area (Å²) < 4.78 is 0. The average molecular weight is 241 g/mol. The summed E-state index contributed by atoms with van der Waals surface area (Å²) in [6, 6.07) is -1.16. The lowest BCUT2D eigenvalue weighted by molar-refractivity contribution is -0.308. The Balaban J connectivity index is 2.47. The molecule has 1 fully saturated rings. The van der Waals surface area contributed by atoms with Gasteiger partial charge in [0.25, 0.3) is 0 Å². The van der Waals surface area contributed by atoms with Crippen molar-refractivity contribution in [2.75, 3.05) is 13.1 Å². The van der Waals surface area contributed by atoms with Crippen LogP contribution < -0.4 is 10.4 Å². The number of carboxylic acid groups (broad SMARTS) is 1. The third-order valence-corrected chi connectivity index (χ3v) is 2.93. The SMILES string of the molecule is CC(C)C[C@H](NC(=O)N1CCCCC1)C(=O)[O-]. The number of carbonyl (C=O) groups is 2. The molecule has 0 aromatic rings. The average Bonchev–Trinajstić information content (AvgIpc) is 2.28. The van der Waals surface area contributed by atoms with Crippen LogP contribution in [0.3, 0.4) is 0 Å². The van der Waals surface area contributed by atoms with Gasteiger partial charge in [-0.05, 0) is 31.6 Å². The second-order valence-electron chi connectivity index (χ2n) is 5.00. The fourth-order valence-electron chi connectivity index (χ4n) is 2.02. The van der Waals surface area contributed by atoms with Gasteiger partial charge in [0, 0.05) is 13.1 Å². The number of piperidine rings is 1. The van der Waals surface area contributed by atoms with E-state index in [9.17, 15) is 14.7 Å². The summed E-state index contributed by atoms with van der Waals surface area (Å²) in [7, 11) is 0. The maximum atomic E-state index is 11.8. The van der Waals surface area contributed by atoms with Crippen LogP contribution in [0.2, 0.25) is 0 Å². The predicted octanol–water partition coefficient (Wildman–Crippen LogP) is 0.347. The van der Waals surface area contributed by atoms with E-state index >= 15 is 0 Å². The van der Waals surface area contributed by atoms with Crippen LogP contribution in [0.5, 0.6) is 0 Å². The zero-order valence-corrected chi connectivity index (χ0v) is 10.6. The van der Waals surface area contributed by atoms with Crippen molar-refractivity contribution in [3.63, 3.8) is 0 Å². The van der Waals surface area contributed by atoms with Crippen molar-refractivity contribution in [2.24, 2.45) is 5.92 Å². The van der Waals surface area contributed by atoms with Crippen molar-refractivity contribution in [1.29, 1.82) is 0 Å². The highest BCUT2D eigenvalue weighted by Crippen LogP contribution is 2.10. The molecule has 1 heterocycles. The predicted molar refractivity (Wildman–Crippen MR) is 62.2 cm³/mol. The van der Waals surface area contributed by atoms with Crippen molar-refractivity contribution < 1.29 is 14.7 Å². The zero-order chi connectivity index (χ0) is 12.8. The molecule has 5 nitrogen and oxygen atoms in total. The van der Waals surface area contributed by atoms with E-state index < -0.39 is 12.0 Å². The molecule has 5 heteroatoms. The molecule has 1 rings (SSSR count). The summed E-state index contributed by atoms with van der Waals surface area (Å²) in [5.74, 6) is -0.997. The quantitative estimate of drug-likeness (QED) is 0.771. The minimum atomic E-state index is -1.20. The highest BCUT2D eigenvalue weighted by atomic mass is 16.4. The minimum Gasteiger partial charge on any atom is -0.548 e. The van der Waals surface area contributed by atoms with Gasteiger partial charge < -0.3 is 20.1 Å². The maximum absolute atomic E-state index is 11.8. The molecule has 1 atom stereocenters. The summed E-state index contributed by atoms with van der Waals surface area (Å²) in [5, 5.41) is 13.5. The van der Waals surface area contributed by atoms with Gasteiger partial charge in [0.05, 0.1) is 12.0 Å². The van der Waals surface area contributed by atoms with E-state index in [2.05, 4.69) is 5.32 Å².